The minimum absolute atomic E-state index is 0.310. The molecule has 0 bridgehead atoms. The predicted octanol–water partition coefficient (Wildman–Crippen LogP) is 3.24. The lowest BCUT2D eigenvalue weighted by Gasteiger charge is -2.20. The molecule has 1 saturated heterocycles. The zero-order chi connectivity index (χ0) is 13.9. The molecule has 0 aromatic carbocycles. The number of nitrogens with zero attached hydrogens (tertiary/aromatic N) is 2. The molecule has 2 heterocycles. The topological polar surface area (TPSA) is 53.4 Å². The highest BCUT2D eigenvalue weighted by molar-refractivity contribution is 7.09. The summed E-state index contributed by atoms with van der Waals surface area (Å²) in [5, 5.41) is 12.6. The van der Waals surface area contributed by atoms with E-state index in [-0.39, 0.29) is 6.04 Å². The number of thiazole rings is 1. The van der Waals surface area contributed by atoms with Crippen LogP contribution in [0.25, 0.3) is 0 Å². The van der Waals surface area contributed by atoms with Gasteiger partial charge in [0.05, 0.1) is 10.7 Å². The number of carboxylic acids is 1. The first kappa shape index (κ1) is 14.0. The summed E-state index contributed by atoms with van der Waals surface area (Å²) in [4.78, 5) is 18.0. The van der Waals surface area contributed by atoms with Crippen molar-refractivity contribution in [3.63, 3.8) is 0 Å². The standard InChI is InChI=1S/C15H22N2O2S/c18-15(19)13-7-4-8-17(13)9-12-10-20-14(16-12)11-5-2-1-3-6-11/h10-11,13H,1-9H2,(H,18,19)/t13-/m1/s1. The van der Waals surface area contributed by atoms with Gasteiger partial charge in [-0.25, -0.2) is 4.98 Å². The van der Waals surface area contributed by atoms with Crippen molar-refractivity contribution >= 4 is 17.3 Å². The molecule has 2 aliphatic rings. The molecule has 20 heavy (non-hydrogen) atoms. The van der Waals surface area contributed by atoms with Crippen molar-refractivity contribution in [2.75, 3.05) is 6.54 Å². The average molecular weight is 294 g/mol. The first-order chi connectivity index (χ1) is 9.74. The maximum absolute atomic E-state index is 11.2. The second-order valence-electron chi connectivity index (χ2n) is 5.98. The van der Waals surface area contributed by atoms with Crippen molar-refractivity contribution < 1.29 is 9.90 Å². The van der Waals surface area contributed by atoms with E-state index in [1.165, 1.54) is 37.1 Å². The molecule has 0 unspecified atom stereocenters. The van der Waals surface area contributed by atoms with E-state index in [2.05, 4.69) is 10.3 Å². The van der Waals surface area contributed by atoms with Crippen LogP contribution < -0.4 is 0 Å². The maximum Gasteiger partial charge on any atom is 0.320 e. The van der Waals surface area contributed by atoms with Crippen LogP contribution in [-0.2, 0) is 11.3 Å². The monoisotopic (exact) mass is 294 g/mol. The van der Waals surface area contributed by atoms with E-state index in [0.29, 0.717) is 12.5 Å². The van der Waals surface area contributed by atoms with Gasteiger partial charge < -0.3 is 5.11 Å². The summed E-state index contributed by atoms with van der Waals surface area (Å²) in [6.07, 6.45) is 8.32. The predicted molar refractivity (Wildman–Crippen MR) is 79.0 cm³/mol. The summed E-state index contributed by atoms with van der Waals surface area (Å²) in [6, 6.07) is -0.310. The van der Waals surface area contributed by atoms with Crippen LogP contribution in [0.1, 0.15) is 61.6 Å². The summed E-state index contributed by atoms with van der Waals surface area (Å²) >= 11 is 1.76. The molecule has 0 amide bonds. The quantitative estimate of drug-likeness (QED) is 0.926. The minimum atomic E-state index is -0.690. The van der Waals surface area contributed by atoms with E-state index >= 15 is 0 Å². The van der Waals surface area contributed by atoms with Crippen LogP contribution in [0.2, 0.25) is 0 Å². The second kappa shape index (κ2) is 6.22. The van der Waals surface area contributed by atoms with Gasteiger partial charge in [0.25, 0.3) is 0 Å². The Kier molecular flexibility index (Phi) is 4.36. The highest BCUT2D eigenvalue weighted by Crippen LogP contribution is 2.34. The van der Waals surface area contributed by atoms with Gasteiger partial charge in [-0.15, -0.1) is 11.3 Å². The van der Waals surface area contributed by atoms with Gasteiger partial charge in [-0.3, -0.25) is 9.69 Å². The molecule has 1 saturated carbocycles. The van der Waals surface area contributed by atoms with Crippen LogP contribution in [0.15, 0.2) is 5.38 Å². The van der Waals surface area contributed by atoms with Crippen LogP contribution in [0, 0.1) is 0 Å². The molecule has 0 radical (unpaired) electrons. The van der Waals surface area contributed by atoms with Gasteiger partial charge >= 0.3 is 5.97 Å². The molecular formula is C15H22N2O2S. The Morgan fingerprint density at radius 3 is 2.85 bits per heavy atom. The maximum atomic E-state index is 11.2. The Balaban J connectivity index is 1.63. The van der Waals surface area contributed by atoms with E-state index in [1.807, 2.05) is 0 Å². The van der Waals surface area contributed by atoms with E-state index in [0.717, 1.165) is 25.1 Å². The van der Waals surface area contributed by atoms with E-state index in [1.54, 1.807) is 11.3 Å². The molecule has 1 aliphatic heterocycles. The molecule has 3 rings (SSSR count). The van der Waals surface area contributed by atoms with Crippen LogP contribution in [0.3, 0.4) is 0 Å². The first-order valence-electron chi connectivity index (χ1n) is 7.65. The molecule has 1 atom stereocenters. The third kappa shape index (κ3) is 3.04. The number of hydrogen-bond acceptors (Lipinski definition) is 4. The zero-order valence-electron chi connectivity index (χ0n) is 11.8. The van der Waals surface area contributed by atoms with Crippen molar-refractivity contribution in [2.45, 2.75) is 63.5 Å². The summed E-state index contributed by atoms with van der Waals surface area (Å²) in [5.74, 6) is -0.0402. The highest BCUT2D eigenvalue weighted by Gasteiger charge is 2.31. The second-order valence-corrected chi connectivity index (χ2v) is 6.87. The van der Waals surface area contributed by atoms with Crippen LogP contribution in [-0.4, -0.2) is 33.5 Å². The van der Waals surface area contributed by atoms with Gasteiger partial charge in [-0.2, -0.15) is 0 Å². The summed E-state index contributed by atoms with van der Waals surface area (Å²) < 4.78 is 0. The van der Waals surface area contributed by atoms with E-state index < -0.39 is 5.97 Å². The first-order valence-corrected chi connectivity index (χ1v) is 8.53. The van der Waals surface area contributed by atoms with E-state index in [4.69, 9.17) is 4.98 Å². The molecule has 0 spiro atoms. The van der Waals surface area contributed by atoms with Gasteiger partial charge in [0, 0.05) is 17.8 Å². The number of carbonyl (C=O) groups is 1. The molecule has 1 aromatic heterocycles. The number of aromatic nitrogens is 1. The Bertz CT molecular complexity index is 468. The van der Waals surface area contributed by atoms with Crippen molar-refractivity contribution in [2.24, 2.45) is 0 Å². The summed E-state index contributed by atoms with van der Waals surface area (Å²) in [6.45, 7) is 1.58. The van der Waals surface area contributed by atoms with Crippen LogP contribution >= 0.6 is 11.3 Å². The lowest BCUT2D eigenvalue weighted by atomic mass is 9.90. The fourth-order valence-corrected chi connectivity index (χ4v) is 4.42. The van der Waals surface area contributed by atoms with Crippen molar-refractivity contribution in [3.8, 4) is 0 Å². The lowest BCUT2D eigenvalue weighted by Crippen LogP contribution is -2.35. The molecule has 1 aliphatic carbocycles. The molecule has 1 N–H and O–H groups in total. The number of carboxylic acid groups (broad SMARTS) is 1. The molecular weight excluding hydrogens is 272 g/mol. The fraction of sp³-hybridized carbons (Fsp3) is 0.733. The smallest absolute Gasteiger partial charge is 0.320 e. The molecule has 2 fully saturated rings. The van der Waals surface area contributed by atoms with Gasteiger partial charge in [0.2, 0.25) is 0 Å². The van der Waals surface area contributed by atoms with Gasteiger partial charge in [0.1, 0.15) is 6.04 Å². The van der Waals surface area contributed by atoms with Crippen LogP contribution in [0.5, 0.6) is 0 Å². The van der Waals surface area contributed by atoms with Crippen molar-refractivity contribution in [1.29, 1.82) is 0 Å². The minimum Gasteiger partial charge on any atom is -0.480 e. The molecule has 5 heteroatoms. The third-order valence-corrected chi connectivity index (χ3v) is 5.59. The normalized spacial score (nSPS) is 25.1. The Morgan fingerprint density at radius 2 is 2.10 bits per heavy atom. The van der Waals surface area contributed by atoms with Gasteiger partial charge in [-0.05, 0) is 32.2 Å². The third-order valence-electron chi connectivity index (χ3n) is 4.54. The van der Waals surface area contributed by atoms with Gasteiger partial charge in [-0.1, -0.05) is 19.3 Å². The van der Waals surface area contributed by atoms with E-state index in [9.17, 15) is 9.90 Å². The molecule has 4 nitrogen and oxygen atoms in total. The number of rotatable bonds is 4. The number of likely N-dealkylation sites (tertiary alicyclic amines) is 1. The number of aliphatic carboxylic acids is 1. The summed E-state index contributed by atoms with van der Waals surface area (Å²) in [5.41, 5.74) is 1.06. The van der Waals surface area contributed by atoms with Gasteiger partial charge in [0.15, 0.2) is 0 Å². The summed E-state index contributed by atoms with van der Waals surface area (Å²) in [7, 11) is 0. The molecule has 1 aromatic rings. The highest BCUT2D eigenvalue weighted by atomic mass is 32.1. The van der Waals surface area contributed by atoms with Crippen molar-refractivity contribution in [3.05, 3.63) is 16.1 Å². The Hall–Kier alpha value is -0.940. The molecule has 110 valence electrons. The Morgan fingerprint density at radius 1 is 1.30 bits per heavy atom. The van der Waals surface area contributed by atoms with Crippen LogP contribution in [0.4, 0.5) is 0 Å². The SMILES string of the molecule is O=C(O)[C@H]1CCCN1Cc1csc(C2CCCCC2)n1. The largest absolute Gasteiger partial charge is 0.480 e. The Labute approximate surface area is 123 Å². The number of hydrogen-bond donors (Lipinski definition) is 1. The zero-order valence-corrected chi connectivity index (χ0v) is 12.6. The lowest BCUT2D eigenvalue weighted by molar-refractivity contribution is -0.142. The van der Waals surface area contributed by atoms with Crippen molar-refractivity contribution in [1.82, 2.24) is 9.88 Å². The average Bonchev–Trinajstić information content (AvgIpc) is 3.09. The fourth-order valence-electron chi connectivity index (χ4n) is 3.44.